The van der Waals surface area contributed by atoms with Gasteiger partial charge in [0.15, 0.2) is 0 Å². The number of nitrogens with zero attached hydrogens (tertiary/aromatic N) is 1. The zero-order valence-corrected chi connectivity index (χ0v) is 13.7. The predicted octanol–water partition coefficient (Wildman–Crippen LogP) is 4.31. The molecule has 0 aliphatic rings. The third-order valence-corrected chi connectivity index (χ3v) is 5.50. The minimum absolute atomic E-state index is 1.14. The second-order valence-corrected chi connectivity index (χ2v) is 6.23. The van der Waals surface area contributed by atoms with Gasteiger partial charge in [-0.1, -0.05) is 6.58 Å². The molecule has 20 heavy (non-hydrogen) atoms. The molecule has 1 heteroatoms. The molecule has 0 aliphatic carbocycles. The van der Waals surface area contributed by atoms with E-state index in [1.54, 1.807) is 0 Å². The summed E-state index contributed by atoms with van der Waals surface area (Å²) >= 11 is 0. The van der Waals surface area contributed by atoms with Crippen LogP contribution in [0.4, 0.5) is 0 Å². The second-order valence-electron chi connectivity index (χ2n) is 6.23. The number of aryl methyl sites for hydroxylation is 5. The molecule has 0 aliphatic heterocycles. The quantitative estimate of drug-likeness (QED) is 0.571. The molecule has 0 fully saturated rings. The predicted molar refractivity (Wildman–Crippen MR) is 89.6 cm³/mol. The molecule has 0 amide bonds. The lowest BCUT2D eigenvalue weighted by atomic mass is 9.87. The van der Waals surface area contributed by atoms with Crippen molar-refractivity contribution in [3.63, 3.8) is 0 Å². The van der Waals surface area contributed by atoms with Crippen LogP contribution >= 0.6 is 0 Å². The number of hydrogen-bond acceptors (Lipinski definition) is 0. The van der Waals surface area contributed by atoms with Crippen LogP contribution in [0.15, 0.2) is 0 Å². The normalized spacial score (nSPS) is 11.9. The van der Waals surface area contributed by atoms with E-state index in [2.05, 4.69) is 59.7 Å². The first-order chi connectivity index (χ1) is 9.29. The Morgan fingerprint density at radius 1 is 0.600 bits per heavy atom. The Kier molecular flexibility index (Phi) is 2.57. The van der Waals surface area contributed by atoms with Crippen molar-refractivity contribution < 1.29 is 0 Å². The third-order valence-electron chi connectivity index (χ3n) is 5.50. The summed E-state index contributed by atoms with van der Waals surface area (Å²) in [7, 11) is 2.14. The first kappa shape index (κ1) is 13.2. The van der Waals surface area contributed by atoms with Gasteiger partial charge in [0.1, 0.15) is 0 Å². The van der Waals surface area contributed by atoms with Crippen molar-refractivity contribution >= 4 is 28.3 Å². The average Bonchev–Trinajstić information content (AvgIpc) is 2.66. The molecule has 1 nitrogen and oxygen atoms in total. The highest BCUT2D eigenvalue weighted by molar-refractivity contribution is 6.15. The largest absolute Gasteiger partial charge is 0.344 e. The zero-order valence-electron chi connectivity index (χ0n) is 13.7. The number of hydrogen-bond donors (Lipinski definition) is 0. The summed E-state index contributed by atoms with van der Waals surface area (Å²) in [6.07, 6.45) is 0. The fourth-order valence-electron chi connectivity index (χ4n) is 3.78. The van der Waals surface area contributed by atoms with Gasteiger partial charge in [0.05, 0.1) is 5.52 Å². The van der Waals surface area contributed by atoms with Crippen molar-refractivity contribution in [2.24, 2.45) is 7.05 Å². The summed E-state index contributed by atoms with van der Waals surface area (Å²) in [6, 6.07) is 0. The highest BCUT2D eigenvalue weighted by Crippen LogP contribution is 2.38. The van der Waals surface area contributed by atoms with Gasteiger partial charge < -0.3 is 4.57 Å². The van der Waals surface area contributed by atoms with Gasteiger partial charge in [-0.05, 0) is 80.3 Å². The first-order valence-corrected chi connectivity index (χ1v) is 7.25. The van der Waals surface area contributed by atoms with Gasteiger partial charge in [-0.3, -0.25) is 0 Å². The number of benzene rings is 2. The lowest BCUT2D eigenvalue weighted by Crippen LogP contribution is -2.11. The molecule has 2 aromatic carbocycles. The van der Waals surface area contributed by atoms with E-state index in [1.165, 1.54) is 55.1 Å². The van der Waals surface area contributed by atoms with Gasteiger partial charge in [0.25, 0.3) is 0 Å². The maximum atomic E-state index is 4.33. The van der Waals surface area contributed by atoms with Crippen molar-refractivity contribution in [3.05, 3.63) is 38.7 Å². The molecule has 0 saturated heterocycles. The van der Waals surface area contributed by atoms with Gasteiger partial charge in [0.2, 0.25) is 0 Å². The van der Waals surface area contributed by atoms with Gasteiger partial charge >= 0.3 is 0 Å². The van der Waals surface area contributed by atoms with E-state index in [1.807, 2.05) is 0 Å². The molecule has 0 atom stereocenters. The van der Waals surface area contributed by atoms with Crippen molar-refractivity contribution in [2.75, 3.05) is 0 Å². The Bertz CT molecular complexity index is 915. The van der Waals surface area contributed by atoms with Crippen molar-refractivity contribution in [1.82, 2.24) is 4.57 Å². The van der Waals surface area contributed by atoms with Gasteiger partial charge in [-0.25, -0.2) is 0 Å². The molecular weight excluding hydrogens is 242 g/mol. The van der Waals surface area contributed by atoms with Crippen LogP contribution in [0.2, 0.25) is 0 Å². The monoisotopic (exact) mass is 265 g/mol. The summed E-state index contributed by atoms with van der Waals surface area (Å²) in [5, 5.41) is 5.34. The molecule has 0 radical (unpaired) electrons. The molecule has 1 heterocycles. The second kappa shape index (κ2) is 3.88. The molecule has 1 aromatic heterocycles. The van der Waals surface area contributed by atoms with E-state index in [9.17, 15) is 0 Å². The van der Waals surface area contributed by atoms with Gasteiger partial charge in [-0.2, -0.15) is 0 Å². The fraction of sp³-hybridized carbons (Fsp3) is 0.368. The molecule has 0 unspecified atom stereocenters. The standard InChI is InChI=1S/C19H23N/c1-9-11(3)16-12(4)10(2)14(6)19-18(16)17(13(9)5)15(7)20(19)8/h7H2,1-6,8H3. The van der Waals surface area contributed by atoms with Crippen molar-refractivity contribution in [2.45, 2.75) is 41.5 Å². The van der Waals surface area contributed by atoms with Crippen LogP contribution in [0.1, 0.15) is 33.4 Å². The number of rotatable bonds is 0. The Hall–Kier alpha value is -1.76. The van der Waals surface area contributed by atoms with Crippen molar-refractivity contribution in [1.29, 1.82) is 0 Å². The molecule has 0 spiro atoms. The minimum Gasteiger partial charge on any atom is -0.344 e. The Labute approximate surface area is 120 Å². The summed E-state index contributed by atoms with van der Waals surface area (Å²) in [4.78, 5) is 0. The smallest absolute Gasteiger partial charge is 0.0527 e. The van der Waals surface area contributed by atoms with Crippen LogP contribution in [0, 0.1) is 41.5 Å². The van der Waals surface area contributed by atoms with E-state index in [4.69, 9.17) is 0 Å². The molecule has 0 N–H and O–H groups in total. The highest BCUT2D eigenvalue weighted by Gasteiger charge is 2.20. The van der Waals surface area contributed by atoms with E-state index in [-0.39, 0.29) is 0 Å². The fourth-order valence-corrected chi connectivity index (χ4v) is 3.78. The molecule has 0 saturated carbocycles. The van der Waals surface area contributed by atoms with Crippen LogP contribution in [-0.4, -0.2) is 4.57 Å². The summed E-state index contributed by atoms with van der Waals surface area (Å²) in [6.45, 7) is 17.8. The lowest BCUT2D eigenvalue weighted by molar-refractivity contribution is 0.932. The summed E-state index contributed by atoms with van der Waals surface area (Å²) < 4.78 is 2.27. The lowest BCUT2D eigenvalue weighted by Gasteiger charge is -2.17. The maximum Gasteiger partial charge on any atom is 0.0527 e. The van der Waals surface area contributed by atoms with Crippen LogP contribution < -0.4 is 5.35 Å². The topological polar surface area (TPSA) is 4.93 Å². The Morgan fingerprint density at radius 3 is 1.60 bits per heavy atom. The highest BCUT2D eigenvalue weighted by atomic mass is 14.9. The summed E-state index contributed by atoms with van der Waals surface area (Å²) in [5.74, 6) is 0. The minimum atomic E-state index is 1.14. The van der Waals surface area contributed by atoms with E-state index in [0.29, 0.717) is 0 Å². The van der Waals surface area contributed by atoms with Crippen LogP contribution in [0.3, 0.4) is 0 Å². The van der Waals surface area contributed by atoms with Crippen LogP contribution in [-0.2, 0) is 7.05 Å². The average molecular weight is 265 g/mol. The maximum absolute atomic E-state index is 4.33. The first-order valence-electron chi connectivity index (χ1n) is 7.25. The van der Waals surface area contributed by atoms with Gasteiger partial charge in [-0.15, -0.1) is 0 Å². The van der Waals surface area contributed by atoms with Crippen LogP contribution in [0.5, 0.6) is 0 Å². The van der Waals surface area contributed by atoms with E-state index >= 15 is 0 Å². The Balaban J connectivity index is 2.90. The van der Waals surface area contributed by atoms with Crippen LogP contribution in [0.25, 0.3) is 28.3 Å². The van der Waals surface area contributed by atoms with E-state index < -0.39 is 0 Å². The molecule has 3 aromatic rings. The SMILES string of the molecule is C=c1c2c(C)c(C)c(C)c3c(C)c(C)c(C)c(c32)n1C. The van der Waals surface area contributed by atoms with Crippen molar-refractivity contribution in [3.8, 4) is 0 Å². The Morgan fingerprint density at radius 2 is 1.05 bits per heavy atom. The van der Waals surface area contributed by atoms with E-state index in [0.717, 1.165) is 5.35 Å². The third kappa shape index (κ3) is 1.28. The number of aromatic nitrogens is 1. The zero-order chi connectivity index (χ0) is 14.9. The molecule has 0 bridgehead atoms. The molecular formula is C19H23N. The molecule has 3 rings (SSSR count). The summed E-state index contributed by atoms with van der Waals surface area (Å²) in [5.41, 5.74) is 9.78. The molecule has 104 valence electrons. The van der Waals surface area contributed by atoms with Gasteiger partial charge in [0, 0.05) is 23.2 Å².